The third-order valence-corrected chi connectivity index (χ3v) is 6.53. The maximum Gasteiger partial charge on any atom is 0.227 e. The first kappa shape index (κ1) is 23.3. The minimum absolute atomic E-state index is 0.548. The van der Waals surface area contributed by atoms with Gasteiger partial charge in [0, 0.05) is 50.2 Å². The molecule has 0 spiro atoms. The molecule has 1 saturated heterocycles. The van der Waals surface area contributed by atoms with Gasteiger partial charge in [0.2, 0.25) is 5.95 Å². The van der Waals surface area contributed by atoms with E-state index < -0.39 is 0 Å². The fraction of sp³-hybridized carbons (Fsp3) is 0.423. The zero-order valence-electron chi connectivity index (χ0n) is 20.9. The molecule has 1 aromatic carbocycles. The number of aromatic nitrogens is 3. The molecule has 3 aromatic heterocycles. The molecule has 4 heterocycles. The van der Waals surface area contributed by atoms with Crippen molar-refractivity contribution >= 4 is 22.7 Å². The number of hydrogen-bond donors (Lipinski definition) is 1. The number of rotatable bonds is 8. The van der Waals surface area contributed by atoms with Gasteiger partial charge in [-0.15, -0.1) is 0 Å². The molecular formula is C26H33N7O2. The molecule has 0 aliphatic carbocycles. The maximum absolute atomic E-state index is 5.53. The molecule has 9 heteroatoms. The van der Waals surface area contributed by atoms with Crippen molar-refractivity contribution in [2.24, 2.45) is 0 Å². The summed E-state index contributed by atoms with van der Waals surface area (Å²) in [6, 6.07) is 10.1. The SMILES string of the molecule is Cc1noc(C)c1-c1ccc2nc(N3CCN(CCN(C)C)CC3)nc(NCc3ccco3)c2c1. The van der Waals surface area contributed by atoms with Gasteiger partial charge in [-0.25, -0.2) is 4.98 Å². The minimum atomic E-state index is 0.548. The Labute approximate surface area is 205 Å². The van der Waals surface area contributed by atoms with Crippen LogP contribution in [0.3, 0.4) is 0 Å². The number of fused-ring (bicyclic) bond motifs is 1. The highest BCUT2D eigenvalue weighted by Crippen LogP contribution is 2.32. The molecule has 0 bridgehead atoms. The van der Waals surface area contributed by atoms with E-state index in [1.807, 2.05) is 26.0 Å². The van der Waals surface area contributed by atoms with Crippen LogP contribution in [0, 0.1) is 13.8 Å². The van der Waals surface area contributed by atoms with Gasteiger partial charge in [-0.1, -0.05) is 11.2 Å². The molecule has 0 unspecified atom stereocenters. The second-order valence-corrected chi connectivity index (χ2v) is 9.37. The number of aryl methyl sites for hydroxylation is 2. The van der Waals surface area contributed by atoms with E-state index in [4.69, 9.17) is 18.9 Å². The number of hydrogen-bond acceptors (Lipinski definition) is 9. The highest BCUT2D eigenvalue weighted by molar-refractivity contribution is 5.94. The van der Waals surface area contributed by atoms with E-state index in [0.29, 0.717) is 6.54 Å². The molecule has 1 aliphatic rings. The Bertz CT molecular complexity index is 1260. The van der Waals surface area contributed by atoms with Gasteiger partial charge in [0.1, 0.15) is 17.3 Å². The Balaban J connectivity index is 1.45. The van der Waals surface area contributed by atoms with Gasteiger partial charge in [0.05, 0.1) is 24.0 Å². The largest absolute Gasteiger partial charge is 0.467 e. The number of nitrogens with one attached hydrogen (secondary N) is 1. The summed E-state index contributed by atoms with van der Waals surface area (Å²) in [5, 5.41) is 8.57. The van der Waals surface area contributed by atoms with E-state index >= 15 is 0 Å². The van der Waals surface area contributed by atoms with Crippen molar-refractivity contribution in [2.45, 2.75) is 20.4 Å². The summed E-state index contributed by atoms with van der Waals surface area (Å²) in [7, 11) is 4.24. The third-order valence-electron chi connectivity index (χ3n) is 6.53. The van der Waals surface area contributed by atoms with Crippen molar-refractivity contribution in [3.05, 3.63) is 53.8 Å². The molecule has 1 N–H and O–H groups in total. The van der Waals surface area contributed by atoms with Crippen LogP contribution < -0.4 is 10.2 Å². The summed E-state index contributed by atoms with van der Waals surface area (Å²) in [6.07, 6.45) is 1.69. The second-order valence-electron chi connectivity index (χ2n) is 9.37. The minimum Gasteiger partial charge on any atom is -0.467 e. The molecule has 0 saturated carbocycles. The number of nitrogens with zero attached hydrogens (tertiary/aromatic N) is 6. The van der Waals surface area contributed by atoms with Crippen LogP contribution in [0.1, 0.15) is 17.2 Å². The molecule has 9 nitrogen and oxygen atoms in total. The molecule has 1 fully saturated rings. The second kappa shape index (κ2) is 10.1. The van der Waals surface area contributed by atoms with E-state index in [2.05, 4.69) is 57.5 Å². The van der Waals surface area contributed by atoms with Crippen molar-refractivity contribution in [3.63, 3.8) is 0 Å². The smallest absolute Gasteiger partial charge is 0.227 e. The lowest BCUT2D eigenvalue weighted by atomic mass is 10.0. The summed E-state index contributed by atoms with van der Waals surface area (Å²) in [4.78, 5) is 17.0. The molecule has 1 aliphatic heterocycles. The van der Waals surface area contributed by atoms with Gasteiger partial charge >= 0.3 is 0 Å². The van der Waals surface area contributed by atoms with Gasteiger partial charge in [-0.3, -0.25) is 4.90 Å². The van der Waals surface area contributed by atoms with E-state index in [0.717, 1.165) is 90.3 Å². The lowest BCUT2D eigenvalue weighted by Crippen LogP contribution is -2.48. The highest BCUT2D eigenvalue weighted by atomic mass is 16.5. The number of benzene rings is 1. The zero-order chi connectivity index (χ0) is 24.4. The Morgan fingerprint density at radius 1 is 1.06 bits per heavy atom. The van der Waals surface area contributed by atoms with Crippen LogP contribution in [0.25, 0.3) is 22.0 Å². The summed E-state index contributed by atoms with van der Waals surface area (Å²) < 4.78 is 10.9. The van der Waals surface area contributed by atoms with Gasteiger partial charge < -0.3 is 24.1 Å². The Hall–Kier alpha value is -3.43. The van der Waals surface area contributed by atoms with E-state index in [1.165, 1.54) is 0 Å². The first-order valence-electron chi connectivity index (χ1n) is 12.1. The average molecular weight is 476 g/mol. The first-order valence-corrected chi connectivity index (χ1v) is 12.1. The third kappa shape index (κ3) is 5.16. The zero-order valence-corrected chi connectivity index (χ0v) is 20.9. The molecule has 0 atom stereocenters. The summed E-state index contributed by atoms with van der Waals surface area (Å²) >= 11 is 0. The van der Waals surface area contributed by atoms with E-state index in [-0.39, 0.29) is 0 Å². The van der Waals surface area contributed by atoms with Crippen LogP contribution in [0.2, 0.25) is 0 Å². The Morgan fingerprint density at radius 2 is 1.89 bits per heavy atom. The molecule has 4 aromatic rings. The maximum atomic E-state index is 5.53. The van der Waals surface area contributed by atoms with E-state index in [9.17, 15) is 0 Å². The summed E-state index contributed by atoms with van der Waals surface area (Å²) in [6.45, 7) is 10.4. The fourth-order valence-electron chi connectivity index (χ4n) is 4.54. The fourth-order valence-corrected chi connectivity index (χ4v) is 4.54. The van der Waals surface area contributed by atoms with Gasteiger partial charge in [0.25, 0.3) is 0 Å². The van der Waals surface area contributed by atoms with Crippen LogP contribution in [0.15, 0.2) is 45.5 Å². The summed E-state index contributed by atoms with van der Waals surface area (Å²) in [5.74, 6) is 3.22. The van der Waals surface area contributed by atoms with Crippen molar-refractivity contribution in [3.8, 4) is 11.1 Å². The number of anilines is 2. The topological polar surface area (TPSA) is 86.7 Å². The molecular weight excluding hydrogens is 442 g/mol. The van der Waals surface area contributed by atoms with Crippen molar-refractivity contribution in [1.82, 2.24) is 24.9 Å². The lowest BCUT2D eigenvalue weighted by Gasteiger charge is -2.35. The molecule has 0 amide bonds. The quantitative estimate of drug-likeness (QED) is 0.409. The summed E-state index contributed by atoms with van der Waals surface area (Å²) in [5.41, 5.74) is 3.83. The van der Waals surface area contributed by atoms with Crippen LogP contribution in [0.4, 0.5) is 11.8 Å². The number of piperazine rings is 1. The normalized spacial score (nSPS) is 14.8. The average Bonchev–Trinajstić information content (AvgIpc) is 3.50. The van der Waals surface area contributed by atoms with Crippen molar-refractivity contribution < 1.29 is 8.94 Å². The first-order chi connectivity index (χ1) is 17.0. The monoisotopic (exact) mass is 475 g/mol. The van der Waals surface area contributed by atoms with Gasteiger partial charge in [-0.05, 0) is 57.8 Å². The Morgan fingerprint density at radius 3 is 2.57 bits per heavy atom. The number of likely N-dealkylation sites (N-methyl/N-ethyl adjacent to an activating group) is 1. The lowest BCUT2D eigenvalue weighted by molar-refractivity contribution is 0.229. The van der Waals surface area contributed by atoms with Crippen molar-refractivity contribution in [1.29, 1.82) is 0 Å². The van der Waals surface area contributed by atoms with Gasteiger partial charge in [-0.2, -0.15) is 4.98 Å². The molecule has 0 radical (unpaired) electrons. The van der Waals surface area contributed by atoms with Crippen LogP contribution in [-0.2, 0) is 6.54 Å². The van der Waals surface area contributed by atoms with E-state index in [1.54, 1.807) is 6.26 Å². The van der Waals surface area contributed by atoms with Gasteiger partial charge in [0.15, 0.2) is 0 Å². The molecule has 5 rings (SSSR count). The highest BCUT2D eigenvalue weighted by Gasteiger charge is 2.21. The molecule has 35 heavy (non-hydrogen) atoms. The van der Waals surface area contributed by atoms with Crippen LogP contribution in [0.5, 0.6) is 0 Å². The molecule has 184 valence electrons. The predicted octanol–water partition coefficient (Wildman–Crippen LogP) is 3.79. The van der Waals surface area contributed by atoms with Crippen LogP contribution in [-0.4, -0.2) is 78.3 Å². The van der Waals surface area contributed by atoms with Crippen molar-refractivity contribution in [2.75, 3.05) is 63.6 Å². The Kier molecular flexibility index (Phi) is 6.70. The standard InChI is InChI=1S/C26H33N7O2/c1-18-24(19(2)35-30-18)20-7-8-23-22(16-20)25(27-17-21-6-5-15-34-21)29-26(28-23)33-13-11-32(12-14-33)10-9-31(3)4/h5-8,15-16H,9-14,17H2,1-4H3,(H,27,28,29). The number of furan rings is 1. The predicted molar refractivity (Wildman–Crippen MR) is 138 cm³/mol. The van der Waals surface area contributed by atoms with Crippen LogP contribution >= 0.6 is 0 Å².